The lowest BCUT2D eigenvalue weighted by Gasteiger charge is -2.37. The van der Waals surface area contributed by atoms with Gasteiger partial charge in [0, 0.05) is 38.3 Å². The predicted molar refractivity (Wildman–Crippen MR) is 115 cm³/mol. The van der Waals surface area contributed by atoms with E-state index < -0.39 is 0 Å². The molecule has 0 bridgehead atoms. The summed E-state index contributed by atoms with van der Waals surface area (Å²) in [6, 6.07) is 6.07. The van der Waals surface area contributed by atoms with Crippen molar-refractivity contribution in [3.8, 4) is 11.4 Å². The lowest BCUT2D eigenvalue weighted by atomic mass is 9.77. The minimum atomic E-state index is 0.168. The Morgan fingerprint density at radius 2 is 1.87 bits per heavy atom. The first-order valence-corrected chi connectivity index (χ1v) is 11.3. The van der Waals surface area contributed by atoms with Crippen molar-refractivity contribution < 1.29 is 4.74 Å². The Morgan fingerprint density at radius 1 is 0.968 bits per heavy atom. The maximum atomic E-state index is 6.49. The molecule has 0 radical (unpaired) electrons. The molecule has 1 aliphatic heterocycles. The fraction of sp³-hybridized carbons (Fsp3) is 0.522. The van der Waals surface area contributed by atoms with E-state index in [0.717, 1.165) is 55.7 Å². The molecule has 1 saturated heterocycles. The second-order valence-electron chi connectivity index (χ2n) is 9.14. The van der Waals surface area contributed by atoms with Crippen LogP contribution in [0.15, 0.2) is 49.2 Å². The molecule has 2 saturated carbocycles. The summed E-state index contributed by atoms with van der Waals surface area (Å²) in [4.78, 5) is 15.6. The lowest BCUT2D eigenvalue weighted by Crippen LogP contribution is -2.38. The Hall–Kier alpha value is -2.87. The van der Waals surface area contributed by atoms with E-state index in [2.05, 4.69) is 30.2 Å². The number of nitrogens with zero attached hydrogens (tertiary/aromatic N) is 7. The summed E-state index contributed by atoms with van der Waals surface area (Å²) in [6.45, 7) is 2.90. The van der Waals surface area contributed by atoms with Crippen LogP contribution in [-0.2, 0) is 4.74 Å². The number of anilines is 1. The molecule has 3 aromatic heterocycles. The molecule has 0 spiro atoms. The average molecular weight is 418 g/mol. The fourth-order valence-corrected chi connectivity index (χ4v) is 5.10. The first-order valence-electron chi connectivity index (χ1n) is 11.3. The number of hydrogen-bond donors (Lipinski definition) is 0. The van der Waals surface area contributed by atoms with E-state index in [-0.39, 0.29) is 12.1 Å². The van der Waals surface area contributed by atoms with Crippen molar-refractivity contribution in [2.45, 2.75) is 37.8 Å². The summed E-state index contributed by atoms with van der Waals surface area (Å²) in [5, 5.41) is 8.93. The topological polar surface area (TPSA) is 81.9 Å². The van der Waals surface area contributed by atoms with Crippen molar-refractivity contribution in [3.63, 3.8) is 0 Å². The first kappa shape index (κ1) is 18.9. The smallest absolute Gasteiger partial charge is 0.147 e. The van der Waals surface area contributed by atoms with Crippen LogP contribution in [0.25, 0.3) is 11.4 Å². The van der Waals surface area contributed by atoms with Gasteiger partial charge >= 0.3 is 0 Å². The second kappa shape index (κ2) is 8.00. The molecule has 0 aromatic carbocycles. The number of pyridine rings is 1. The molecule has 0 amide bonds. The fourth-order valence-electron chi connectivity index (χ4n) is 5.10. The number of aromatic nitrogens is 6. The van der Waals surface area contributed by atoms with Gasteiger partial charge in [0.2, 0.25) is 0 Å². The normalized spacial score (nSPS) is 27.9. The van der Waals surface area contributed by atoms with E-state index in [1.54, 1.807) is 18.6 Å². The third-order valence-corrected chi connectivity index (χ3v) is 6.98. The minimum absolute atomic E-state index is 0.168. The number of rotatable bonds is 6. The number of hydrogen-bond acceptors (Lipinski definition) is 7. The van der Waals surface area contributed by atoms with Gasteiger partial charge in [-0.25, -0.2) is 9.67 Å². The zero-order chi connectivity index (χ0) is 20.6. The molecule has 6 rings (SSSR count). The molecule has 0 N–H and O–H groups in total. The Morgan fingerprint density at radius 3 is 2.65 bits per heavy atom. The summed E-state index contributed by atoms with van der Waals surface area (Å²) in [5.74, 6) is 2.93. The molecule has 8 heteroatoms. The standard InChI is InChI=1S/C23H27N7O/c1-2-6-25-19(3-1)20-14-30(28-27-20)21-9-17-12-29(23-11-24-7-8-26-23)13-18(17)10-22(21)31-15-16-4-5-16/h1-3,6-8,11,14,16-18,21-22H,4-5,9-10,12-13,15H2/t17-,18+,21-,22-/m1/s1. The van der Waals surface area contributed by atoms with Crippen molar-refractivity contribution in [3.05, 3.63) is 49.2 Å². The van der Waals surface area contributed by atoms with Crippen molar-refractivity contribution in [2.24, 2.45) is 17.8 Å². The van der Waals surface area contributed by atoms with Gasteiger partial charge in [-0.05, 0) is 55.6 Å². The molecule has 31 heavy (non-hydrogen) atoms. The molecular formula is C23H27N7O. The average Bonchev–Trinajstić information content (AvgIpc) is 3.36. The monoisotopic (exact) mass is 417 g/mol. The molecule has 160 valence electrons. The van der Waals surface area contributed by atoms with Crippen molar-refractivity contribution in [1.29, 1.82) is 0 Å². The Balaban J connectivity index is 1.23. The Kier molecular flexibility index (Phi) is 4.87. The lowest BCUT2D eigenvalue weighted by molar-refractivity contribution is -0.0375. The van der Waals surface area contributed by atoms with Gasteiger partial charge in [-0.15, -0.1) is 5.10 Å². The van der Waals surface area contributed by atoms with Gasteiger partial charge in [-0.1, -0.05) is 11.3 Å². The number of ether oxygens (including phenoxy) is 1. The zero-order valence-electron chi connectivity index (χ0n) is 17.5. The van der Waals surface area contributed by atoms with Crippen molar-refractivity contribution >= 4 is 5.82 Å². The molecule has 0 unspecified atom stereocenters. The zero-order valence-corrected chi connectivity index (χ0v) is 17.5. The van der Waals surface area contributed by atoms with Gasteiger partial charge in [-0.2, -0.15) is 0 Å². The van der Waals surface area contributed by atoms with Gasteiger partial charge in [0.15, 0.2) is 0 Å². The summed E-state index contributed by atoms with van der Waals surface area (Å²) in [6.07, 6.45) is 14.1. The van der Waals surface area contributed by atoms with E-state index in [4.69, 9.17) is 4.74 Å². The summed E-state index contributed by atoms with van der Waals surface area (Å²) in [7, 11) is 0. The third-order valence-electron chi connectivity index (χ3n) is 6.98. The van der Waals surface area contributed by atoms with Gasteiger partial charge in [-0.3, -0.25) is 9.97 Å². The minimum Gasteiger partial charge on any atom is -0.376 e. The van der Waals surface area contributed by atoms with Crippen LogP contribution in [0.3, 0.4) is 0 Å². The van der Waals surface area contributed by atoms with Crippen LogP contribution < -0.4 is 4.90 Å². The molecular weight excluding hydrogens is 390 g/mol. The first-order chi connectivity index (χ1) is 15.3. The summed E-state index contributed by atoms with van der Waals surface area (Å²) in [5.41, 5.74) is 1.67. The molecule has 4 atom stereocenters. The van der Waals surface area contributed by atoms with Crippen LogP contribution in [0.5, 0.6) is 0 Å². The predicted octanol–water partition coefficient (Wildman–Crippen LogP) is 3.01. The third kappa shape index (κ3) is 3.92. The largest absolute Gasteiger partial charge is 0.376 e. The van der Waals surface area contributed by atoms with Crippen molar-refractivity contribution in [1.82, 2.24) is 29.9 Å². The van der Waals surface area contributed by atoms with Crippen LogP contribution in [0.4, 0.5) is 5.82 Å². The van der Waals surface area contributed by atoms with E-state index in [1.165, 1.54) is 12.8 Å². The van der Waals surface area contributed by atoms with Crippen LogP contribution in [-0.4, -0.2) is 55.7 Å². The SMILES string of the molecule is c1ccc(-c2cn([C@@H]3C[C@@H]4CN(c5cnccn5)C[C@@H]4C[C@H]3OCC3CC3)nn2)nc1. The van der Waals surface area contributed by atoms with Crippen LogP contribution in [0.2, 0.25) is 0 Å². The maximum Gasteiger partial charge on any atom is 0.147 e. The quantitative estimate of drug-likeness (QED) is 0.610. The highest BCUT2D eigenvalue weighted by Crippen LogP contribution is 2.44. The van der Waals surface area contributed by atoms with Gasteiger partial charge in [0.1, 0.15) is 11.5 Å². The Bertz CT molecular complexity index is 1010. The molecule has 8 nitrogen and oxygen atoms in total. The highest BCUT2D eigenvalue weighted by Gasteiger charge is 2.44. The van der Waals surface area contributed by atoms with Crippen molar-refractivity contribution in [2.75, 3.05) is 24.6 Å². The maximum absolute atomic E-state index is 6.49. The second-order valence-corrected chi connectivity index (χ2v) is 9.14. The van der Waals surface area contributed by atoms with E-state index in [9.17, 15) is 0 Å². The van der Waals surface area contributed by atoms with E-state index >= 15 is 0 Å². The van der Waals surface area contributed by atoms with Crippen LogP contribution in [0, 0.1) is 17.8 Å². The molecule has 3 fully saturated rings. The number of fused-ring (bicyclic) bond motifs is 1. The molecule has 4 heterocycles. The molecule has 2 aliphatic carbocycles. The van der Waals surface area contributed by atoms with E-state index in [0.29, 0.717) is 11.8 Å². The van der Waals surface area contributed by atoms with Gasteiger partial charge in [0.25, 0.3) is 0 Å². The van der Waals surface area contributed by atoms with E-state index in [1.807, 2.05) is 35.3 Å². The van der Waals surface area contributed by atoms with Crippen LogP contribution in [0.1, 0.15) is 31.7 Å². The molecule has 3 aliphatic rings. The van der Waals surface area contributed by atoms with Gasteiger partial charge < -0.3 is 9.64 Å². The van der Waals surface area contributed by atoms with Gasteiger partial charge in [0.05, 0.1) is 30.2 Å². The van der Waals surface area contributed by atoms with Crippen LogP contribution >= 0.6 is 0 Å². The molecule has 3 aromatic rings. The highest BCUT2D eigenvalue weighted by atomic mass is 16.5. The highest BCUT2D eigenvalue weighted by molar-refractivity contribution is 5.51. The Labute approximate surface area is 181 Å². The summed E-state index contributed by atoms with van der Waals surface area (Å²) >= 11 is 0. The summed E-state index contributed by atoms with van der Waals surface area (Å²) < 4.78 is 8.52.